The second-order valence-electron chi connectivity index (χ2n) is 4.26. The van der Waals surface area contributed by atoms with Crippen LogP contribution in [0.4, 0.5) is 4.39 Å². The molecule has 0 bridgehead atoms. The number of piperazine rings is 1. The minimum Gasteiger partial charge on any atom is -0.336 e. The third kappa shape index (κ3) is 2.79. The van der Waals surface area contributed by atoms with E-state index in [1.54, 1.807) is 11.0 Å². The van der Waals surface area contributed by atoms with Crippen molar-refractivity contribution in [3.05, 3.63) is 29.6 Å². The first-order valence-corrected chi connectivity index (χ1v) is 5.99. The van der Waals surface area contributed by atoms with Crippen molar-refractivity contribution in [3.63, 3.8) is 0 Å². The lowest BCUT2D eigenvalue weighted by Crippen LogP contribution is -2.47. The van der Waals surface area contributed by atoms with Gasteiger partial charge in [-0.2, -0.15) is 0 Å². The molecule has 0 N–H and O–H groups in total. The van der Waals surface area contributed by atoms with Gasteiger partial charge in [0.05, 0.1) is 5.56 Å². The summed E-state index contributed by atoms with van der Waals surface area (Å²) in [7, 11) is 2.01. The number of carbonyl (C=O) groups is 1. The molecule has 0 unspecified atom stereocenters. The summed E-state index contributed by atoms with van der Waals surface area (Å²) in [6, 6.07) is 4.31. The highest BCUT2D eigenvalue weighted by molar-refractivity contribution is 7.80. The van der Waals surface area contributed by atoms with Crippen molar-refractivity contribution in [3.8, 4) is 0 Å². The number of benzene rings is 1. The van der Waals surface area contributed by atoms with Crippen LogP contribution in [0.2, 0.25) is 0 Å². The van der Waals surface area contributed by atoms with E-state index < -0.39 is 5.82 Å². The Kier molecular flexibility index (Phi) is 3.69. The van der Waals surface area contributed by atoms with Gasteiger partial charge < -0.3 is 9.80 Å². The minimum absolute atomic E-state index is 0.113. The molecule has 1 fully saturated rings. The van der Waals surface area contributed by atoms with Gasteiger partial charge in [0.1, 0.15) is 5.82 Å². The molecule has 2 rings (SSSR count). The van der Waals surface area contributed by atoms with Gasteiger partial charge in [-0.3, -0.25) is 4.79 Å². The fraction of sp³-hybridized carbons (Fsp3) is 0.417. The van der Waals surface area contributed by atoms with Gasteiger partial charge in [-0.25, -0.2) is 4.39 Å². The largest absolute Gasteiger partial charge is 0.336 e. The molecule has 1 heterocycles. The third-order valence-corrected chi connectivity index (χ3v) is 3.25. The van der Waals surface area contributed by atoms with Crippen LogP contribution in [0.25, 0.3) is 0 Å². The number of hydrogen-bond donors (Lipinski definition) is 1. The van der Waals surface area contributed by atoms with Crippen LogP contribution in [-0.2, 0) is 0 Å². The molecule has 1 aromatic rings. The molecular weight excluding hydrogens is 239 g/mol. The second kappa shape index (κ2) is 5.06. The molecule has 0 atom stereocenters. The summed E-state index contributed by atoms with van der Waals surface area (Å²) < 4.78 is 13.6. The maximum Gasteiger partial charge on any atom is 0.256 e. The molecule has 0 aromatic heterocycles. The number of likely N-dealkylation sites (N-methyl/N-ethyl adjacent to an activating group) is 1. The topological polar surface area (TPSA) is 23.6 Å². The van der Waals surface area contributed by atoms with Gasteiger partial charge >= 0.3 is 0 Å². The lowest BCUT2D eigenvalue weighted by molar-refractivity contribution is 0.0659. The van der Waals surface area contributed by atoms with Crippen molar-refractivity contribution < 1.29 is 9.18 Å². The summed E-state index contributed by atoms with van der Waals surface area (Å²) in [4.78, 5) is 16.5. The van der Waals surface area contributed by atoms with Gasteiger partial charge in [0.25, 0.3) is 5.91 Å². The van der Waals surface area contributed by atoms with E-state index in [1.807, 2.05) is 7.05 Å². The second-order valence-corrected chi connectivity index (χ2v) is 4.78. The molecule has 0 spiro atoms. The molecule has 1 aliphatic heterocycles. The zero-order valence-electron chi connectivity index (χ0n) is 9.69. The fourth-order valence-corrected chi connectivity index (χ4v) is 2.06. The van der Waals surface area contributed by atoms with Crippen LogP contribution in [0.15, 0.2) is 23.1 Å². The van der Waals surface area contributed by atoms with Crippen LogP contribution in [0.1, 0.15) is 10.4 Å². The normalized spacial score (nSPS) is 17.2. The summed E-state index contributed by atoms with van der Waals surface area (Å²) in [6.07, 6.45) is 0. The standard InChI is InChI=1S/C12H15FN2OS/c1-14-4-6-15(7-5-14)12(16)10-8-9(17)2-3-11(10)13/h2-3,8,17H,4-7H2,1H3. The first-order valence-electron chi connectivity index (χ1n) is 5.54. The molecular formula is C12H15FN2OS. The lowest BCUT2D eigenvalue weighted by Gasteiger charge is -2.32. The molecule has 3 nitrogen and oxygen atoms in total. The highest BCUT2D eigenvalue weighted by atomic mass is 32.1. The average Bonchev–Trinajstić information content (AvgIpc) is 2.32. The molecule has 5 heteroatoms. The van der Waals surface area contributed by atoms with E-state index in [1.165, 1.54) is 12.1 Å². The van der Waals surface area contributed by atoms with Crippen LogP contribution in [0.3, 0.4) is 0 Å². The molecule has 17 heavy (non-hydrogen) atoms. The molecule has 0 saturated carbocycles. The fourth-order valence-electron chi connectivity index (χ4n) is 1.86. The predicted molar refractivity (Wildman–Crippen MR) is 67.1 cm³/mol. The highest BCUT2D eigenvalue weighted by Gasteiger charge is 2.22. The average molecular weight is 254 g/mol. The van der Waals surface area contributed by atoms with E-state index in [-0.39, 0.29) is 11.5 Å². The van der Waals surface area contributed by atoms with Gasteiger partial charge in [0.2, 0.25) is 0 Å². The SMILES string of the molecule is CN1CCN(C(=O)c2cc(S)ccc2F)CC1. The van der Waals surface area contributed by atoms with Crippen molar-refractivity contribution in [2.45, 2.75) is 4.90 Å². The monoisotopic (exact) mass is 254 g/mol. The van der Waals surface area contributed by atoms with Crippen LogP contribution in [0.5, 0.6) is 0 Å². The Balaban J connectivity index is 2.16. The lowest BCUT2D eigenvalue weighted by atomic mass is 10.1. The van der Waals surface area contributed by atoms with Crippen molar-refractivity contribution in [1.82, 2.24) is 9.80 Å². The summed E-state index contributed by atoms with van der Waals surface area (Å²) in [5.41, 5.74) is 0.113. The van der Waals surface area contributed by atoms with Gasteiger partial charge in [-0.1, -0.05) is 0 Å². The third-order valence-electron chi connectivity index (χ3n) is 2.97. The Labute approximate surface area is 106 Å². The number of halogens is 1. The molecule has 1 saturated heterocycles. The number of amides is 1. The summed E-state index contributed by atoms with van der Waals surface area (Å²) in [5, 5.41) is 0. The van der Waals surface area contributed by atoms with Crippen molar-refractivity contribution >= 4 is 18.5 Å². The van der Waals surface area contributed by atoms with E-state index in [9.17, 15) is 9.18 Å². The summed E-state index contributed by atoms with van der Waals surface area (Å²) in [6.45, 7) is 2.94. The minimum atomic E-state index is -0.480. The Morgan fingerprint density at radius 1 is 1.29 bits per heavy atom. The van der Waals surface area contributed by atoms with Crippen molar-refractivity contribution in [2.24, 2.45) is 0 Å². The maximum absolute atomic E-state index is 13.6. The number of nitrogens with zero attached hydrogens (tertiary/aromatic N) is 2. The quantitative estimate of drug-likeness (QED) is 0.768. The Morgan fingerprint density at radius 2 is 1.94 bits per heavy atom. The van der Waals surface area contributed by atoms with E-state index in [0.717, 1.165) is 13.1 Å². The number of carbonyl (C=O) groups excluding carboxylic acids is 1. The molecule has 0 radical (unpaired) electrons. The van der Waals surface area contributed by atoms with Crippen LogP contribution >= 0.6 is 12.6 Å². The first-order chi connectivity index (χ1) is 8.08. The van der Waals surface area contributed by atoms with Crippen molar-refractivity contribution in [2.75, 3.05) is 33.2 Å². The first kappa shape index (κ1) is 12.4. The van der Waals surface area contributed by atoms with E-state index >= 15 is 0 Å². The van der Waals surface area contributed by atoms with Gasteiger partial charge in [-0.15, -0.1) is 12.6 Å². The molecule has 1 aromatic carbocycles. The van der Waals surface area contributed by atoms with Gasteiger partial charge in [0.15, 0.2) is 0 Å². The van der Waals surface area contributed by atoms with E-state index in [2.05, 4.69) is 17.5 Å². The molecule has 92 valence electrons. The van der Waals surface area contributed by atoms with E-state index in [4.69, 9.17) is 0 Å². The molecule has 1 aliphatic rings. The Hall–Kier alpha value is -1.07. The van der Waals surface area contributed by atoms with E-state index in [0.29, 0.717) is 18.0 Å². The van der Waals surface area contributed by atoms with Crippen molar-refractivity contribution in [1.29, 1.82) is 0 Å². The Morgan fingerprint density at radius 3 is 2.59 bits per heavy atom. The van der Waals surface area contributed by atoms with Crippen LogP contribution in [0, 0.1) is 5.82 Å². The van der Waals surface area contributed by atoms with Gasteiger partial charge in [-0.05, 0) is 25.2 Å². The zero-order valence-corrected chi connectivity index (χ0v) is 10.6. The van der Waals surface area contributed by atoms with Crippen LogP contribution in [-0.4, -0.2) is 48.9 Å². The summed E-state index contributed by atoms with van der Waals surface area (Å²) >= 11 is 4.13. The highest BCUT2D eigenvalue weighted by Crippen LogP contribution is 2.16. The zero-order chi connectivity index (χ0) is 12.4. The molecule has 1 amide bonds. The number of thiol groups is 1. The number of hydrogen-bond acceptors (Lipinski definition) is 3. The predicted octanol–water partition coefficient (Wildman–Crippen LogP) is 1.50. The number of rotatable bonds is 1. The molecule has 0 aliphatic carbocycles. The Bertz CT molecular complexity index is 431. The summed E-state index contributed by atoms with van der Waals surface area (Å²) in [5.74, 6) is -0.724. The van der Waals surface area contributed by atoms with Gasteiger partial charge in [0, 0.05) is 31.1 Å². The van der Waals surface area contributed by atoms with Crippen LogP contribution < -0.4 is 0 Å². The maximum atomic E-state index is 13.6. The smallest absolute Gasteiger partial charge is 0.256 e.